The van der Waals surface area contributed by atoms with Crippen LogP contribution in [0.15, 0.2) is 145 Å². The van der Waals surface area contributed by atoms with Crippen molar-refractivity contribution in [2.75, 3.05) is 0 Å². The summed E-state index contributed by atoms with van der Waals surface area (Å²) in [4.78, 5) is 0. The zero-order valence-electron chi connectivity index (χ0n) is 22.7. The minimum Gasteiger partial charge on any atom is -0.142 e. The van der Waals surface area contributed by atoms with Crippen LogP contribution in [0.4, 0.5) is 0 Å². The molecule has 0 amide bonds. The maximum Gasteiger partial charge on any atom is 0.0442 e. The third kappa shape index (κ3) is 3.53. The van der Waals surface area contributed by atoms with Gasteiger partial charge in [0.25, 0.3) is 0 Å². The summed E-state index contributed by atoms with van der Waals surface area (Å²) in [5, 5.41) is 11.6. The largest absolute Gasteiger partial charge is 0.142 e. The number of thiophene rings is 2. The topological polar surface area (TPSA) is 0 Å². The van der Waals surface area contributed by atoms with Gasteiger partial charge in [0.1, 0.15) is 0 Å². The highest BCUT2D eigenvalue weighted by Gasteiger charge is 2.18. The molecule has 2 aromatic heterocycles. The number of hydrogen-bond acceptors (Lipinski definition) is 2. The molecule has 0 saturated carbocycles. The first-order valence-corrected chi connectivity index (χ1v) is 16.0. The lowest BCUT2D eigenvalue weighted by Gasteiger charge is -2.17. The second-order valence-electron chi connectivity index (χ2n) is 10.9. The first-order valence-electron chi connectivity index (χ1n) is 14.3. The quantitative estimate of drug-likeness (QED) is 0.186. The van der Waals surface area contributed by atoms with Crippen molar-refractivity contribution in [3.63, 3.8) is 0 Å². The van der Waals surface area contributed by atoms with Gasteiger partial charge in [-0.2, -0.15) is 0 Å². The molecule has 0 aliphatic carbocycles. The first kappa shape index (κ1) is 23.9. The van der Waals surface area contributed by atoms with Crippen LogP contribution in [-0.4, -0.2) is 0 Å². The van der Waals surface area contributed by atoms with Crippen molar-refractivity contribution in [1.82, 2.24) is 0 Å². The van der Waals surface area contributed by atoms with E-state index in [0.717, 1.165) is 0 Å². The average Bonchev–Trinajstić information content (AvgIpc) is 3.65. The number of hydrogen-bond donors (Lipinski definition) is 0. The second-order valence-corrected chi connectivity index (χ2v) is 12.8. The summed E-state index contributed by atoms with van der Waals surface area (Å²) < 4.78 is 4.07. The molecule has 0 radical (unpaired) electrons. The van der Waals surface area contributed by atoms with Crippen LogP contribution in [0, 0.1) is 0 Å². The van der Waals surface area contributed by atoms with E-state index in [1.807, 2.05) is 22.7 Å². The van der Waals surface area contributed by atoms with Crippen molar-refractivity contribution in [3.8, 4) is 33.4 Å². The molecule has 0 atom stereocenters. The van der Waals surface area contributed by atoms with Crippen molar-refractivity contribution < 1.29 is 0 Å². The Balaban J connectivity index is 1.35. The van der Waals surface area contributed by atoms with Gasteiger partial charge in [-0.3, -0.25) is 0 Å². The molecule has 2 heterocycles. The van der Waals surface area contributed by atoms with Gasteiger partial charge in [-0.25, -0.2) is 0 Å². The summed E-state index contributed by atoms with van der Waals surface area (Å²) in [6.07, 6.45) is 0. The highest BCUT2D eigenvalue weighted by molar-refractivity contribution is 7.27. The van der Waals surface area contributed by atoms with Gasteiger partial charge in [0.15, 0.2) is 0 Å². The number of fused-ring (bicyclic) bond motifs is 7. The van der Waals surface area contributed by atoms with Gasteiger partial charge in [0, 0.05) is 35.8 Å². The molecule has 0 spiro atoms. The first-order chi connectivity index (χ1) is 20.8. The van der Waals surface area contributed by atoms with E-state index in [9.17, 15) is 0 Å². The fourth-order valence-corrected chi connectivity index (χ4v) is 9.01. The normalized spacial score (nSPS) is 11.8. The fraction of sp³-hybridized carbons (Fsp3) is 0. The molecular formula is C40H24S2. The Kier molecular flexibility index (Phi) is 5.34. The summed E-state index contributed by atoms with van der Waals surface area (Å²) in [7, 11) is 0. The van der Waals surface area contributed by atoms with Gasteiger partial charge in [0.2, 0.25) is 0 Å². The Labute approximate surface area is 251 Å². The van der Waals surface area contributed by atoms with E-state index >= 15 is 0 Å². The van der Waals surface area contributed by atoms with E-state index in [1.165, 1.54) is 85.2 Å². The number of benzene rings is 7. The van der Waals surface area contributed by atoms with Crippen LogP contribution in [0.1, 0.15) is 0 Å². The predicted molar refractivity (Wildman–Crippen MR) is 186 cm³/mol. The molecule has 0 nitrogen and oxygen atoms in total. The van der Waals surface area contributed by atoms with Gasteiger partial charge in [0.05, 0.1) is 0 Å². The molecular weight excluding hydrogens is 545 g/mol. The molecule has 42 heavy (non-hydrogen) atoms. The average molecular weight is 569 g/mol. The summed E-state index contributed by atoms with van der Waals surface area (Å²) in [5.74, 6) is 0. The highest BCUT2D eigenvalue weighted by atomic mass is 32.1. The predicted octanol–water partition coefficient (Wildman–Crippen LogP) is 12.6. The van der Waals surface area contributed by atoms with Crippen molar-refractivity contribution in [1.29, 1.82) is 0 Å². The molecule has 196 valence electrons. The number of rotatable bonds is 3. The van der Waals surface area contributed by atoms with Gasteiger partial charge in [-0.1, -0.05) is 121 Å². The smallest absolute Gasteiger partial charge is 0.0442 e. The Bertz CT molecular complexity index is 2390. The lowest BCUT2D eigenvalue weighted by molar-refractivity contribution is 1.66. The van der Waals surface area contributed by atoms with Crippen LogP contribution < -0.4 is 0 Å². The van der Waals surface area contributed by atoms with E-state index in [-0.39, 0.29) is 0 Å². The van der Waals surface area contributed by atoms with E-state index in [4.69, 9.17) is 0 Å². The molecule has 9 aromatic rings. The molecule has 0 aliphatic heterocycles. The molecule has 0 N–H and O–H groups in total. The Morgan fingerprint density at radius 3 is 1.57 bits per heavy atom. The van der Waals surface area contributed by atoms with Crippen molar-refractivity contribution in [2.45, 2.75) is 0 Å². The third-order valence-corrected chi connectivity index (χ3v) is 10.7. The molecule has 0 saturated heterocycles. The van der Waals surface area contributed by atoms with Crippen LogP contribution in [0.5, 0.6) is 0 Å². The maximum atomic E-state index is 2.45. The van der Waals surface area contributed by atoms with E-state index < -0.39 is 0 Å². The summed E-state index contributed by atoms with van der Waals surface area (Å²) in [6, 6.07) is 51.2. The molecule has 2 heteroatoms. The SMILES string of the molecule is c1ccc(-c2c3ccccc3c(-c3ccc4sc5ccc6c(-c7ccccc7)csc6c5c4c3)c3ccccc23)cc1. The minimum absolute atomic E-state index is 1.25. The highest BCUT2D eigenvalue weighted by Crippen LogP contribution is 2.47. The van der Waals surface area contributed by atoms with Gasteiger partial charge >= 0.3 is 0 Å². The van der Waals surface area contributed by atoms with Crippen LogP contribution >= 0.6 is 22.7 Å². The molecule has 0 fully saturated rings. The monoisotopic (exact) mass is 568 g/mol. The lowest BCUT2D eigenvalue weighted by Crippen LogP contribution is -1.90. The van der Waals surface area contributed by atoms with Gasteiger partial charge in [-0.15, -0.1) is 22.7 Å². The zero-order valence-corrected chi connectivity index (χ0v) is 24.3. The molecule has 0 aliphatic rings. The Hall–Kier alpha value is -4.76. The fourth-order valence-electron chi connectivity index (χ4n) is 6.71. The van der Waals surface area contributed by atoms with Crippen LogP contribution in [0.25, 0.3) is 85.2 Å². The molecule has 7 aromatic carbocycles. The zero-order chi connectivity index (χ0) is 27.6. The second kappa shape index (κ2) is 9.39. The van der Waals surface area contributed by atoms with Gasteiger partial charge in [-0.05, 0) is 72.9 Å². The van der Waals surface area contributed by atoms with Crippen molar-refractivity contribution in [2.24, 2.45) is 0 Å². The molecule has 9 rings (SSSR count). The van der Waals surface area contributed by atoms with E-state index in [1.54, 1.807) is 0 Å². The summed E-state index contributed by atoms with van der Waals surface area (Å²) >= 11 is 3.77. The lowest BCUT2D eigenvalue weighted by atomic mass is 9.86. The van der Waals surface area contributed by atoms with Crippen LogP contribution in [0.2, 0.25) is 0 Å². The van der Waals surface area contributed by atoms with Crippen LogP contribution in [-0.2, 0) is 0 Å². The standard InChI is InChI=1S/C40H24S2/c1-3-11-25(12-4-1)34-24-41-40-32(34)20-22-36-39(40)33-23-27(19-21-35(33)42-36)38-30-17-9-7-15-28(30)37(26-13-5-2-6-14-26)29-16-8-10-18-31(29)38/h1-24H. The molecule has 0 bridgehead atoms. The minimum atomic E-state index is 1.25. The summed E-state index contributed by atoms with van der Waals surface area (Å²) in [6.45, 7) is 0. The Morgan fingerprint density at radius 1 is 0.381 bits per heavy atom. The van der Waals surface area contributed by atoms with E-state index in [0.29, 0.717) is 0 Å². The third-order valence-electron chi connectivity index (χ3n) is 8.54. The maximum absolute atomic E-state index is 2.45. The van der Waals surface area contributed by atoms with Gasteiger partial charge < -0.3 is 0 Å². The summed E-state index contributed by atoms with van der Waals surface area (Å²) in [5.41, 5.74) is 7.74. The molecule has 0 unspecified atom stereocenters. The van der Waals surface area contributed by atoms with Crippen LogP contribution in [0.3, 0.4) is 0 Å². The van der Waals surface area contributed by atoms with E-state index in [2.05, 4.69) is 145 Å². The Morgan fingerprint density at radius 2 is 0.929 bits per heavy atom. The van der Waals surface area contributed by atoms with Crippen molar-refractivity contribution >= 4 is 74.5 Å². The van der Waals surface area contributed by atoms with Crippen molar-refractivity contribution in [3.05, 3.63) is 145 Å².